The molecule has 0 rings (SSSR count). The molecule has 10 heavy (non-hydrogen) atoms. The molecule has 0 saturated carbocycles. The zero-order valence-corrected chi connectivity index (χ0v) is 7.18. The van der Waals surface area contributed by atoms with E-state index in [-0.39, 0.29) is 12.2 Å². The fraction of sp³-hybridized carbons (Fsp3) is 0.750. The summed E-state index contributed by atoms with van der Waals surface area (Å²) in [6.07, 6.45) is 0.289. The van der Waals surface area contributed by atoms with Crippen LogP contribution in [0.3, 0.4) is 0 Å². The van der Waals surface area contributed by atoms with Crippen molar-refractivity contribution >= 4 is 0 Å². The molecular weight excluding hydrogens is 128 g/mol. The van der Waals surface area contributed by atoms with Crippen molar-refractivity contribution in [3.8, 4) is 0 Å². The molecule has 0 aromatic carbocycles. The SMILES string of the molecule is C=C(OC(C)C)OC(C)C. The Morgan fingerprint density at radius 3 is 1.50 bits per heavy atom. The van der Waals surface area contributed by atoms with Crippen LogP contribution in [-0.2, 0) is 9.47 Å². The van der Waals surface area contributed by atoms with E-state index in [1.165, 1.54) is 0 Å². The van der Waals surface area contributed by atoms with Gasteiger partial charge in [-0.2, -0.15) is 0 Å². The van der Waals surface area contributed by atoms with Crippen LogP contribution in [0.4, 0.5) is 0 Å². The maximum Gasteiger partial charge on any atom is 0.272 e. The second-order valence-electron chi connectivity index (χ2n) is 2.71. The summed E-state index contributed by atoms with van der Waals surface area (Å²) in [5.74, 6) is 0.407. The number of hydrogen-bond donors (Lipinski definition) is 0. The maximum atomic E-state index is 5.14. The van der Waals surface area contributed by atoms with E-state index >= 15 is 0 Å². The van der Waals surface area contributed by atoms with Gasteiger partial charge < -0.3 is 9.47 Å². The van der Waals surface area contributed by atoms with E-state index < -0.39 is 0 Å². The first kappa shape index (κ1) is 9.34. The van der Waals surface area contributed by atoms with Crippen molar-refractivity contribution < 1.29 is 9.47 Å². The Kier molecular flexibility index (Phi) is 3.93. The lowest BCUT2D eigenvalue weighted by Gasteiger charge is -2.15. The van der Waals surface area contributed by atoms with Gasteiger partial charge in [-0.1, -0.05) is 0 Å². The Labute approximate surface area is 62.8 Å². The van der Waals surface area contributed by atoms with E-state index in [2.05, 4.69) is 6.58 Å². The summed E-state index contributed by atoms with van der Waals surface area (Å²) in [5, 5.41) is 0. The number of rotatable bonds is 4. The van der Waals surface area contributed by atoms with Gasteiger partial charge in [0, 0.05) is 0 Å². The van der Waals surface area contributed by atoms with Crippen LogP contribution in [-0.4, -0.2) is 12.2 Å². The van der Waals surface area contributed by atoms with Crippen LogP contribution in [0, 0.1) is 0 Å². The van der Waals surface area contributed by atoms with Crippen LogP contribution in [0.1, 0.15) is 27.7 Å². The number of hydrogen-bond acceptors (Lipinski definition) is 2. The number of ether oxygens (including phenoxy) is 2. The van der Waals surface area contributed by atoms with Crippen molar-refractivity contribution in [2.75, 3.05) is 0 Å². The van der Waals surface area contributed by atoms with E-state index in [1.807, 2.05) is 27.7 Å². The fourth-order valence-corrected chi connectivity index (χ4v) is 0.554. The third-order valence-corrected chi connectivity index (χ3v) is 0.734. The summed E-state index contributed by atoms with van der Waals surface area (Å²) in [6, 6.07) is 0. The van der Waals surface area contributed by atoms with Gasteiger partial charge in [-0.15, -0.1) is 0 Å². The van der Waals surface area contributed by atoms with E-state index in [9.17, 15) is 0 Å². The summed E-state index contributed by atoms with van der Waals surface area (Å²) in [4.78, 5) is 0. The first-order valence-electron chi connectivity index (χ1n) is 3.54. The summed E-state index contributed by atoms with van der Waals surface area (Å²) in [7, 11) is 0. The maximum absolute atomic E-state index is 5.14. The molecule has 60 valence electrons. The predicted octanol–water partition coefficient (Wildman–Crippen LogP) is 2.31. The highest BCUT2D eigenvalue weighted by molar-refractivity contribution is 4.70. The largest absolute Gasteiger partial charge is 0.463 e. The van der Waals surface area contributed by atoms with Crippen molar-refractivity contribution in [1.82, 2.24) is 0 Å². The highest BCUT2D eigenvalue weighted by atomic mass is 16.7. The monoisotopic (exact) mass is 144 g/mol. The molecule has 0 atom stereocenters. The molecule has 0 fully saturated rings. The van der Waals surface area contributed by atoms with E-state index in [1.54, 1.807) is 0 Å². The topological polar surface area (TPSA) is 18.5 Å². The lowest BCUT2D eigenvalue weighted by atomic mass is 10.5. The standard InChI is InChI=1S/C8H16O2/c1-6(2)9-8(5)10-7(3)4/h6-7H,5H2,1-4H3. The molecule has 0 aliphatic rings. The van der Waals surface area contributed by atoms with Crippen molar-refractivity contribution in [3.05, 3.63) is 12.5 Å². The molecule has 2 nitrogen and oxygen atoms in total. The zero-order chi connectivity index (χ0) is 8.15. The van der Waals surface area contributed by atoms with Gasteiger partial charge in [-0.05, 0) is 34.3 Å². The van der Waals surface area contributed by atoms with Crippen molar-refractivity contribution in [2.45, 2.75) is 39.9 Å². The molecule has 0 heterocycles. The molecule has 2 heteroatoms. The van der Waals surface area contributed by atoms with Crippen molar-refractivity contribution in [2.24, 2.45) is 0 Å². The molecular formula is C8H16O2. The first-order valence-corrected chi connectivity index (χ1v) is 3.54. The molecule has 0 aromatic heterocycles. The average Bonchev–Trinajstić information content (AvgIpc) is 1.58. The summed E-state index contributed by atoms with van der Waals surface area (Å²) >= 11 is 0. The minimum absolute atomic E-state index is 0.145. The smallest absolute Gasteiger partial charge is 0.272 e. The van der Waals surface area contributed by atoms with Gasteiger partial charge in [0.1, 0.15) is 0 Å². The fourth-order valence-electron chi connectivity index (χ4n) is 0.554. The van der Waals surface area contributed by atoms with Crippen molar-refractivity contribution in [1.29, 1.82) is 0 Å². The van der Waals surface area contributed by atoms with Gasteiger partial charge in [0.15, 0.2) is 0 Å². The second kappa shape index (κ2) is 4.20. The van der Waals surface area contributed by atoms with E-state index in [0.29, 0.717) is 5.95 Å². The van der Waals surface area contributed by atoms with E-state index in [4.69, 9.17) is 9.47 Å². The summed E-state index contributed by atoms with van der Waals surface area (Å²) in [5.41, 5.74) is 0. The molecule has 0 aliphatic carbocycles. The Morgan fingerprint density at radius 2 is 1.30 bits per heavy atom. The zero-order valence-electron chi connectivity index (χ0n) is 7.18. The van der Waals surface area contributed by atoms with Crippen LogP contribution < -0.4 is 0 Å². The first-order chi connectivity index (χ1) is 4.52. The summed E-state index contributed by atoms with van der Waals surface area (Å²) in [6.45, 7) is 11.3. The Bertz CT molecular complexity index is 93.8. The average molecular weight is 144 g/mol. The molecule has 0 unspecified atom stereocenters. The van der Waals surface area contributed by atoms with Crippen LogP contribution in [0.15, 0.2) is 12.5 Å². The Morgan fingerprint density at radius 1 is 1.00 bits per heavy atom. The normalized spacial score (nSPS) is 10.2. The molecule has 0 bridgehead atoms. The lowest BCUT2D eigenvalue weighted by molar-refractivity contribution is -0.0156. The van der Waals surface area contributed by atoms with Crippen LogP contribution in [0.25, 0.3) is 0 Å². The molecule has 0 amide bonds. The van der Waals surface area contributed by atoms with Gasteiger partial charge in [-0.25, -0.2) is 0 Å². The van der Waals surface area contributed by atoms with Gasteiger partial charge in [0.2, 0.25) is 0 Å². The van der Waals surface area contributed by atoms with Crippen LogP contribution in [0.2, 0.25) is 0 Å². The Balaban J connectivity index is 3.44. The van der Waals surface area contributed by atoms with E-state index in [0.717, 1.165) is 0 Å². The second-order valence-corrected chi connectivity index (χ2v) is 2.71. The van der Waals surface area contributed by atoms with Gasteiger partial charge >= 0.3 is 0 Å². The Hall–Kier alpha value is -0.660. The van der Waals surface area contributed by atoms with Crippen LogP contribution in [0.5, 0.6) is 0 Å². The molecule has 0 spiro atoms. The minimum Gasteiger partial charge on any atom is -0.463 e. The highest BCUT2D eigenvalue weighted by Gasteiger charge is 2.00. The third-order valence-electron chi connectivity index (χ3n) is 0.734. The lowest BCUT2D eigenvalue weighted by Crippen LogP contribution is -2.08. The highest BCUT2D eigenvalue weighted by Crippen LogP contribution is 2.03. The van der Waals surface area contributed by atoms with Crippen molar-refractivity contribution in [3.63, 3.8) is 0 Å². The van der Waals surface area contributed by atoms with Crippen LogP contribution >= 0.6 is 0 Å². The quantitative estimate of drug-likeness (QED) is 0.564. The summed E-state index contributed by atoms with van der Waals surface area (Å²) < 4.78 is 10.3. The molecule has 0 aromatic rings. The molecule has 0 N–H and O–H groups in total. The van der Waals surface area contributed by atoms with Gasteiger partial charge in [0.05, 0.1) is 12.2 Å². The third kappa shape index (κ3) is 5.48. The molecule has 0 saturated heterocycles. The predicted molar refractivity (Wildman–Crippen MR) is 41.6 cm³/mol. The minimum atomic E-state index is 0.145. The van der Waals surface area contributed by atoms with Gasteiger partial charge in [0.25, 0.3) is 5.95 Å². The molecule has 0 radical (unpaired) electrons. The molecule has 0 aliphatic heterocycles. The van der Waals surface area contributed by atoms with Gasteiger partial charge in [-0.3, -0.25) is 0 Å².